The molecule has 0 unspecified atom stereocenters. The van der Waals surface area contributed by atoms with Gasteiger partial charge in [0.05, 0.1) is 0 Å². The zero-order valence-corrected chi connectivity index (χ0v) is 17.6. The van der Waals surface area contributed by atoms with E-state index in [2.05, 4.69) is 24.2 Å². The third kappa shape index (κ3) is 20.6. The molecule has 0 fully saturated rings. The average molecular weight is 391 g/mol. The Labute approximate surface area is 159 Å². The summed E-state index contributed by atoms with van der Waals surface area (Å²) in [6.45, 7) is 5.74. The van der Waals surface area contributed by atoms with Crippen LogP contribution in [0.4, 0.5) is 0 Å². The summed E-state index contributed by atoms with van der Waals surface area (Å²) >= 11 is 0. The molecule has 4 heteroatoms. The van der Waals surface area contributed by atoms with Gasteiger partial charge in [0.25, 0.3) is 0 Å². The van der Waals surface area contributed by atoms with Gasteiger partial charge in [-0.15, -0.1) is 0 Å². The number of nitrogens with zero attached hydrogens (tertiary/aromatic N) is 1. The fourth-order valence-corrected chi connectivity index (χ4v) is 1.69. The molecule has 0 aliphatic carbocycles. The van der Waals surface area contributed by atoms with Crippen LogP contribution in [0.25, 0.3) is 0 Å². The first kappa shape index (κ1) is 24.2. The van der Waals surface area contributed by atoms with Crippen molar-refractivity contribution in [2.75, 3.05) is 26.7 Å². The zero-order chi connectivity index (χ0) is 11.4. The largest absolute Gasteiger partial charge is 0.459 e. The number of hydrogen-bond acceptors (Lipinski definition) is 2. The summed E-state index contributed by atoms with van der Waals surface area (Å²) in [5.74, 6) is 0. The van der Waals surface area contributed by atoms with Crippen LogP contribution >= 0.6 is 0 Å². The average Bonchev–Trinajstić information content (AvgIpc) is 2.24. The third-order valence-electron chi connectivity index (χ3n) is 2.73. The van der Waals surface area contributed by atoms with E-state index >= 15 is 0 Å². The topological polar surface area (TPSA) is 15.3 Å². The molecule has 1 N–H and O–H groups in total. The number of unbranched alkanes of at least 4 members (excludes halogenated alkanes) is 5. The van der Waals surface area contributed by atoms with Crippen LogP contribution < -0.4 is 5.32 Å². The van der Waals surface area contributed by atoms with Crippen molar-refractivity contribution in [3.63, 3.8) is 0 Å². The van der Waals surface area contributed by atoms with E-state index in [4.69, 9.17) is 0 Å². The Balaban J connectivity index is -0.000000980. The second kappa shape index (κ2) is 20.4. The van der Waals surface area contributed by atoms with Crippen molar-refractivity contribution in [1.29, 1.82) is 0 Å². The third-order valence-corrected chi connectivity index (χ3v) is 2.73. The van der Waals surface area contributed by atoms with E-state index in [1.165, 1.54) is 51.5 Å². The normalized spacial score (nSPS) is 9.88. The van der Waals surface area contributed by atoms with Crippen LogP contribution in [0.3, 0.4) is 0 Å². The maximum Gasteiger partial charge on any atom is 0 e. The van der Waals surface area contributed by atoms with Crippen LogP contribution in [0.2, 0.25) is 0 Å². The van der Waals surface area contributed by atoms with Crippen LogP contribution in [0.15, 0.2) is 0 Å². The first-order valence-electron chi connectivity index (χ1n) is 6.51. The van der Waals surface area contributed by atoms with Gasteiger partial charge in [-0.3, -0.25) is 7.05 Å². The minimum atomic E-state index is 0. The summed E-state index contributed by atoms with van der Waals surface area (Å²) in [6.07, 6.45) is 9.27. The van der Waals surface area contributed by atoms with Gasteiger partial charge < -0.3 is 10.2 Å². The quantitative estimate of drug-likeness (QED) is 0.430. The monoisotopic (exact) mass is 391 g/mol. The zero-order valence-electron chi connectivity index (χ0n) is 11.9. The van der Waals surface area contributed by atoms with Crippen molar-refractivity contribution in [2.24, 2.45) is 0 Å². The van der Waals surface area contributed by atoms with Crippen molar-refractivity contribution in [3.05, 3.63) is 7.05 Å². The fraction of sp³-hybridized carbons (Fsp3) is 0.923. The standard InChI is InChI=1S/C13H29N2.2Y/c1-4-5-6-9-12-15(3)13-10-7-8-11-14-2;;/h14H,3-13H2,1-2H3;;/q-1;;. The molecule has 0 heterocycles. The molecular weight excluding hydrogens is 362 g/mol. The van der Waals surface area contributed by atoms with E-state index in [0.717, 1.165) is 13.1 Å². The fourth-order valence-electron chi connectivity index (χ4n) is 1.69. The molecule has 2 radical (unpaired) electrons. The molecule has 0 aromatic rings. The minimum Gasteiger partial charge on any atom is -0.459 e. The summed E-state index contributed by atoms with van der Waals surface area (Å²) < 4.78 is 0. The van der Waals surface area contributed by atoms with E-state index in [9.17, 15) is 0 Å². The molecule has 98 valence electrons. The SMILES string of the molecule is [CH2-]N(CCCCCC)CCCCCNC.[Y].[Y]. The van der Waals surface area contributed by atoms with E-state index in [1.807, 2.05) is 7.05 Å². The van der Waals surface area contributed by atoms with Gasteiger partial charge in [-0.1, -0.05) is 32.6 Å². The Morgan fingerprint density at radius 1 is 0.882 bits per heavy atom. The molecule has 17 heavy (non-hydrogen) atoms. The van der Waals surface area contributed by atoms with Gasteiger partial charge in [0.1, 0.15) is 0 Å². The Hall–Kier alpha value is 2.13. The predicted molar refractivity (Wildman–Crippen MR) is 68.8 cm³/mol. The van der Waals surface area contributed by atoms with Crippen molar-refractivity contribution in [3.8, 4) is 0 Å². The molecule has 2 nitrogen and oxygen atoms in total. The molecule has 0 aliphatic heterocycles. The van der Waals surface area contributed by atoms with Gasteiger partial charge in [-0.25, -0.2) is 0 Å². The van der Waals surface area contributed by atoms with Crippen LogP contribution in [-0.4, -0.2) is 31.6 Å². The van der Waals surface area contributed by atoms with Gasteiger partial charge in [-0.2, -0.15) is 0 Å². The van der Waals surface area contributed by atoms with Crippen molar-refractivity contribution < 1.29 is 65.4 Å². The van der Waals surface area contributed by atoms with Gasteiger partial charge >= 0.3 is 0 Å². The molecular formula is C13H29N2Y2-. The van der Waals surface area contributed by atoms with Gasteiger partial charge in [0.15, 0.2) is 0 Å². The summed E-state index contributed by atoms with van der Waals surface area (Å²) in [4.78, 5) is 2.23. The van der Waals surface area contributed by atoms with Gasteiger partial charge in [0.2, 0.25) is 0 Å². The Morgan fingerprint density at radius 3 is 1.88 bits per heavy atom. The predicted octanol–water partition coefficient (Wildman–Crippen LogP) is 3.04. The van der Waals surface area contributed by atoms with Crippen LogP contribution in [0.1, 0.15) is 51.9 Å². The first-order valence-corrected chi connectivity index (χ1v) is 6.51. The number of nitrogens with one attached hydrogen (secondary N) is 1. The van der Waals surface area contributed by atoms with E-state index in [1.54, 1.807) is 0 Å². The number of hydrogen-bond donors (Lipinski definition) is 1. The van der Waals surface area contributed by atoms with Gasteiger partial charge in [0, 0.05) is 65.4 Å². The Kier molecular flexibility index (Phi) is 29.1. The molecule has 0 rings (SSSR count). The van der Waals surface area contributed by atoms with Crippen molar-refractivity contribution >= 4 is 0 Å². The van der Waals surface area contributed by atoms with E-state index < -0.39 is 0 Å². The maximum atomic E-state index is 4.07. The molecule has 0 spiro atoms. The van der Waals surface area contributed by atoms with Crippen LogP contribution in [-0.2, 0) is 65.4 Å². The van der Waals surface area contributed by atoms with Gasteiger partial charge in [-0.05, 0) is 45.9 Å². The van der Waals surface area contributed by atoms with E-state index in [0.29, 0.717) is 0 Å². The first-order chi connectivity index (χ1) is 7.31. The summed E-state index contributed by atoms with van der Waals surface area (Å²) in [5, 5.41) is 3.17. The van der Waals surface area contributed by atoms with Crippen LogP contribution in [0, 0.1) is 7.05 Å². The maximum absolute atomic E-state index is 4.07. The van der Waals surface area contributed by atoms with Crippen molar-refractivity contribution in [1.82, 2.24) is 10.2 Å². The molecule has 0 saturated carbocycles. The molecule has 0 aromatic carbocycles. The second-order valence-corrected chi connectivity index (χ2v) is 4.34. The molecule has 0 saturated heterocycles. The van der Waals surface area contributed by atoms with E-state index in [-0.39, 0.29) is 65.4 Å². The molecule has 0 aromatic heterocycles. The second-order valence-electron chi connectivity index (χ2n) is 4.34. The molecule has 0 amide bonds. The Morgan fingerprint density at radius 2 is 1.41 bits per heavy atom. The summed E-state index contributed by atoms with van der Waals surface area (Å²) in [5.41, 5.74) is 0. The van der Waals surface area contributed by atoms with Crippen molar-refractivity contribution in [2.45, 2.75) is 51.9 Å². The minimum absolute atomic E-state index is 0. The Bertz CT molecular complexity index is 124. The summed E-state index contributed by atoms with van der Waals surface area (Å²) in [7, 11) is 6.09. The van der Waals surface area contributed by atoms with Crippen LogP contribution in [0.5, 0.6) is 0 Å². The number of rotatable bonds is 11. The molecule has 0 atom stereocenters. The summed E-state index contributed by atoms with van der Waals surface area (Å²) in [6, 6.07) is 0. The smallest absolute Gasteiger partial charge is 0 e. The molecule has 0 bridgehead atoms. The molecule has 0 aliphatic rings.